The van der Waals surface area contributed by atoms with Gasteiger partial charge in [-0.05, 0) is 31.2 Å². The third-order valence-corrected chi connectivity index (χ3v) is 3.48. The third kappa shape index (κ3) is 6.92. The molecule has 0 fully saturated rings. The number of nitrogens with zero attached hydrogens (tertiary/aromatic N) is 2. The van der Waals surface area contributed by atoms with Crippen molar-refractivity contribution in [2.75, 3.05) is 31.1 Å². The molecule has 0 aliphatic carbocycles. The first-order valence-electron chi connectivity index (χ1n) is 8.71. The Bertz CT molecular complexity index is 738. The Morgan fingerprint density at radius 3 is 2.32 bits per heavy atom. The molecule has 2 aromatic rings. The van der Waals surface area contributed by atoms with E-state index < -0.39 is 0 Å². The molecule has 9 nitrogen and oxygen atoms in total. The summed E-state index contributed by atoms with van der Waals surface area (Å²) < 4.78 is 14.5. The van der Waals surface area contributed by atoms with Crippen LogP contribution in [0.4, 0.5) is 16.3 Å². The number of ether oxygens (including phenoxy) is 2. The molecule has 0 spiro atoms. The smallest absolute Gasteiger partial charge is 0.342 e. The van der Waals surface area contributed by atoms with E-state index in [9.17, 15) is 9.59 Å². The second-order valence-electron chi connectivity index (χ2n) is 6.57. The molecule has 1 aromatic heterocycles. The second kappa shape index (κ2) is 10.9. The Labute approximate surface area is 164 Å². The van der Waals surface area contributed by atoms with Crippen LogP contribution in [0.25, 0.3) is 0 Å². The largest absolute Gasteiger partial charge is 0.497 e. The number of urea groups is 1. The van der Waals surface area contributed by atoms with Gasteiger partial charge >= 0.3 is 6.03 Å². The molecule has 1 aromatic carbocycles. The predicted octanol–water partition coefficient (Wildman–Crippen LogP) is 3.33. The predicted molar refractivity (Wildman–Crippen MR) is 106 cm³/mol. The van der Waals surface area contributed by atoms with Gasteiger partial charge in [0.25, 0.3) is 6.47 Å². The molecule has 2 rings (SSSR count). The van der Waals surface area contributed by atoms with Gasteiger partial charge in [-0.1, -0.05) is 25.9 Å². The van der Waals surface area contributed by atoms with Crippen LogP contribution in [0.5, 0.6) is 5.75 Å². The molecule has 0 aliphatic rings. The first-order valence-corrected chi connectivity index (χ1v) is 8.71. The summed E-state index contributed by atoms with van der Waals surface area (Å²) in [6.07, 6.45) is 0. The van der Waals surface area contributed by atoms with Crippen LogP contribution < -0.4 is 20.5 Å². The summed E-state index contributed by atoms with van der Waals surface area (Å²) in [6, 6.07) is 8.46. The molecule has 0 atom stereocenters. The molecular formula is C19H28N4O5. The van der Waals surface area contributed by atoms with Crippen molar-refractivity contribution in [3.63, 3.8) is 0 Å². The van der Waals surface area contributed by atoms with Crippen molar-refractivity contribution in [1.29, 1.82) is 0 Å². The van der Waals surface area contributed by atoms with Gasteiger partial charge in [0.15, 0.2) is 5.82 Å². The SMILES string of the molecule is CCOC=O.CNN(C(=O)Nc1cc(C(C)(C)C)on1)c1ccc(OC)cc1. The number of carbonyl (C=O) groups is 2. The van der Waals surface area contributed by atoms with Gasteiger partial charge in [-0.25, -0.2) is 15.2 Å². The zero-order valence-electron chi connectivity index (χ0n) is 17.1. The fraction of sp³-hybridized carbons (Fsp3) is 0.421. The monoisotopic (exact) mass is 392 g/mol. The number of hydrazine groups is 1. The Kier molecular flexibility index (Phi) is 8.97. The van der Waals surface area contributed by atoms with Gasteiger partial charge in [0.1, 0.15) is 11.5 Å². The van der Waals surface area contributed by atoms with Gasteiger partial charge < -0.3 is 14.0 Å². The molecule has 0 saturated heterocycles. The fourth-order valence-corrected chi connectivity index (χ4v) is 2.00. The first kappa shape index (κ1) is 23.0. The van der Waals surface area contributed by atoms with Crippen LogP contribution in [0.2, 0.25) is 0 Å². The van der Waals surface area contributed by atoms with Crippen molar-refractivity contribution in [2.24, 2.45) is 0 Å². The van der Waals surface area contributed by atoms with E-state index in [1.54, 1.807) is 51.4 Å². The maximum Gasteiger partial charge on any atom is 0.342 e. The van der Waals surface area contributed by atoms with Gasteiger partial charge in [0, 0.05) is 18.5 Å². The average molecular weight is 392 g/mol. The van der Waals surface area contributed by atoms with Crippen molar-refractivity contribution < 1.29 is 23.6 Å². The lowest BCUT2D eigenvalue weighted by molar-refractivity contribution is -0.128. The van der Waals surface area contributed by atoms with Crippen molar-refractivity contribution >= 4 is 24.0 Å². The number of anilines is 2. The highest BCUT2D eigenvalue weighted by atomic mass is 16.5. The lowest BCUT2D eigenvalue weighted by atomic mass is 9.93. The molecule has 2 N–H and O–H groups in total. The lowest BCUT2D eigenvalue weighted by Crippen LogP contribution is -2.43. The van der Waals surface area contributed by atoms with Gasteiger partial charge in [-0.3, -0.25) is 10.1 Å². The van der Waals surface area contributed by atoms with Gasteiger partial charge in [-0.15, -0.1) is 0 Å². The summed E-state index contributed by atoms with van der Waals surface area (Å²) in [5.41, 5.74) is 3.33. The van der Waals surface area contributed by atoms with Crippen LogP contribution in [-0.2, 0) is 14.9 Å². The summed E-state index contributed by atoms with van der Waals surface area (Å²) in [5.74, 6) is 1.79. The Hall–Kier alpha value is -3.07. The average Bonchev–Trinajstić information content (AvgIpc) is 3.13. The number of nitrogens with one attached hydrogen (secondary N) is 2. The maximum absolute atomic E-state index is 12.4. The molecule has 0 radical (unpaired) electrons. The van der Waals surface area contributed by atoms with Crippen LogP contribution in [0.1, 0.15) is 33.5 Å². The summed E-state index contributed by atoms with van der Waals surface area (Å²) in [4.78, 5) is 21.6. The Balaban J connectivity index is 0.000000696. The number of rotatable bonds is 6. The number of hydrogen-bond donors (Lipinski definition) is 2. The minimum absolute atomic E-state index is 0.172. The zero-order chi connectivity index (χ0) is 21.2. The summed E-state index contributed by atoms with van der Waals surface area (Å²) in [5, 5.41) is 7.95. The van der Waals surface area contributed by atoms with E-state index in [-0.39, 0.29) is 11.4 Å². The number of hydrogen-bond acceptors (Lipinski definition) is 7. The van der Waals surface area contributed by atoms with Crippen LogP contribution in [0.3, 0.4) is 0 Å². The van der Waals surface area contributed by atoms with Crippen LogP contribution >= 0.6 is 0 Å². The first-order chi connectivity index (χ1) is 13.3. The highest BCUT2D eigenvalue weighted by Gasteiger charge is 2.21. The van der Waals surface area contributed by atoms with E-state index in [4.69, 9.17) is 9.26 Å². The topological polar surface area (TPSA) is 106 Å². The van der Waals surface area contributed by atoms with E-state index in [0.29, 0.717) is 30.3 Å². The number of benzene rings is 1. The highest BCUT2D eigenvalue weighted by molar-refractivity contribution is 6.00. The van der Waals surface area contributed by atoms with E-state index in [0.717, 1.165) is 5.75 Å². The van der Waals surface area contributed by atoms with E-state index in [1.807, 2.05) is 20.8 Å². The zero-order valence-corrected chi connectivity index (χ0v) is 17.1. The molecule has 0 aliphatic heterocycles. The molecule has 0 unspecified atom stereocenters. The number of carbonyl (C=O) groups excluding carboxylic acids is 2. The minimum atomic E-state index is -0.369. The molecule has 154 valence electrons. The Morgan fingerprint density at radius 2 is 1.93 bits per heavy atom. The highest BCUT2D eigenvalue weighted by Crippen LogP contribution is 2.25. The molecule has 0 saturated carbocycles. The quantitative estimate of drug-likeness (QED) is 0.574. The van der Waals surface area contributed by atoms with Crippen molar-refractivity contribution in [2.45, 2.75) is 33.1 Å². The molecule has 0 bridgehead atoms. The molecular weight excluding hydrogens is 364 g/mol. The molecule has 2 amide bonds. The number of methoxy groups -OCH3 is 1. The molecule has 9 heteroatoms. The molecule has 1 heterocycles. The molecule has 28 heavy (non-hydrogen) atoms. The number of aromatic nitrogens is 1. The second-order valence-corrected chi connectivity index (χ2v) is 6.57. The van der Waals surface area contributed by atoms with E-state index in [2.05, 4.69) is 20.6 Å². The summed E-state index contributed by atoms with van der Waals surface area (Å²) >= 11 is 0. The number of amides is 2. The van der Waals surface area contributed by atoms with Gasteiger partial charge in [0.05, 0.1) is 19.4 Å². The minimum Gasteiger partial charge on any atom is -0.497 e. The maximum atomic E-state index is 12.4. The van der Waals surface area contributed by atoms with Gasteiger partial charge in [0.2, 0.25) is 0 Å². The van der Waals surface area contributed by atoms with Gasteiger partial charge in [-0.2, -0.15) is 0 Å². The summed E-state index contributed by atoms with van der Waals surface area (Å²) in [7, 11) is 3.25. The van der Waals surface area contributed by atoms with E-state index >= 15 is 0 Å². The third-order valence-electron chi connectivity index (χ3n) is 3.48. The van der Waals surface area contributed by atoms with Crippen molar-refractivity contribution in [3.05, 3.63) is 36.1 Å². The normalized spacial score (nSPS) is 10.4. The Morgan fingerprint density at radius 1 is 1.29 bits per heavy atom. The lowest BCUT2D eigenvalue weighted by Gasteiger charge is -2.21. The van der Waals surface area contributed by atoms with Crippen molar-refractivity contribution in [3.8, 4) is 5.75 Å². The summed E-state index contributed by atoms with van der Waals surface area (Å²) in [6.45, 7) is 8.70. The van der Waals surface area contributed by atoms with E-state index in [1.165, 1.54) is 5.01 Å². The van der Waals surface area contributed by atoms with Crippen LogP contribution in [0, 0.1) is 0 Å². The standard InChI is InChI=1S/C16H22N4O3.C3H6O2/c1-16(2,3)13-10-14(19-23-13)18-15(21)20(17-4)11-6-8-12(22-5)9-7-11;1-2-5-3-4/h6-10,17H,1-5H3,(H,18,19,21);3H,2H2,1H3. The van der Waals surface area contributed by atoms with Crippen molar-refractivity contribution in [1.82, 2.24) is 10.6 Å². The van der Waals surface area contributed by atoms with Crippen LogP contribution in [-0.4, -0.2) is 38.4 Å². The fourth-order valence-electron chi connectivity index (χ4n) is 2.00. The van der Waals surface area contributed by atoms with Crippen LogP contribution in [0.15, 0.2) is 34.9 Å².